The molecule has 0 saturated heterocycles. The minimum Gasteiger partial charge on any atom is -0.490 e. The monoisotopic (exact) mass is 265 g/mol. The molecule has 1 aliphatic carbocycles. The first-order valence-electron chi connectivity index (χ1n) is 6.84. The van der Waals surface area contributed by atoms with Crippen molar-refractivity contribution in [2.45, 2.75) is 38.2 Å². The molecule has 4 nitrogen and oxygen atoms in total. The van der Waals surface area contributed by atoms with E-state index in [0.717, 1.165) is 17.9 Å². The molecule has 0 aromatic heterocycles. The Morgan fingerprint density at radius 2 is 2.00 bits per heavy atom. The predicted molar refractivity (Wildman–Crippen MR) is 74.3 cm³/mol. The lowest BCUT2D eigenvalue weighted by Crippen LogP contribution is -2.34. The van der Waals surface area contributed by atoms with Gasteiger partial charge in [0.25, 0.3) is 0 Å². The zero-order valence-electron chi connectivity index (χ0n) is 11.9. The van der Waals surface area contributed by atoms with Gasteiger partial charge in [0, 0.05) is 14.2 Å². The highest BCUT2D eigenvalue weighted by atomic mass is 16.7. The lowest BCUT2D eigenvalue weighted by atomic mass is 10.1. The fourth-order valence-corrected chi connectivity index (χ4v) is 2.12. The van der Waals surface area contributed by atoms with Crippen molar-refractivity contribution in [1.29, 1.82) is 0 Å². The van der Waals surface area contributed by atoms with Crippen LogP contribution in [0.5, 0.6) is 5.75 Å². The van der Waals surface area contributed by atoms with Gasteiger partial charge in [-0.05, 0) is 37.1 Å². The second kappa shape index (κ2) is 6.89. The highest BCUT2D eigenvalue weighted by molar-refractivity contribution is 5.31. The minimum atomic E-state index is -0.309. The van der Waals surface area contributed by atoms with E-state index in [1.54, 1.807) is 14.2 Å². The maximum atomic E-state index is 5.83. The van der Waals surface area contributed by atoms with Crippen molar-refractivity contribution < 1.29 is 14.2 Å². The average molecular weight is 265 g/mol. The molecule has 0 spiro atoms. The van der Waals surface area contributed by atoms with Crippen molar-refractivity contribution in [1.82, 2.24) is 5.32 Å². The molecule has 4 heteroatoms. The molecule has 1 aromatic rings. The van der Waals surface area contributed by atoms with Crippen LogP contribution < -0.4 is 10.1 Å². The summed E-state index contributed by atoms with van der Waals surface area (Å²) in [5.41, 5.74) is 1.12. The molecule has 1 atom stereocenters. The molecular formula is C15H23NO3. The highest BCUT2D eigenvalue weighted by Gasteiger charge is 2.25. The van der Waals surface area contributed by atoms with Crippen LogP contribution in [0, 0.1) is 0 Å². The molecule has 0 heterocycles. The summed E-state index contributed by atoms with van der Waals surface area (Å²) in [6, 6.07) is 8.15. The molecular weight excluding hydrogens is 242 g/mol. The van der Waals surface area contributed by atoms with Gasteiger partial charge in [-0.1, -0.05) is 19.1 Å². The Bertz CT molecular complexity index is 389. The minimum absolute atomic E-state index is 0.00255. The molecule has 1 N–H and O–H groups in total. The smallest absolute Gasteiger partial charge is 0.176 e. The van der Waals surface area contributed by atoms with Gasteiger partial charge in [0.2, 0.25) is 0 Å². The number of hydrogen-bond donors (Lipinski definition) is 1. The van der Waals surface area contributed by atoms with E-state index in [1.165, 1.54) is 12.8 Å². The zero-order valence-corrected chi connectivity index (χ0v) is 11.9. The van der Waals surface area contributed by atoms with Gasteiger partial charge in [-0.2, -0.15) is 0 Å². The summed E-state index contributed by atoms with van der Waals surface area (Å²) in [4.78, 5) is 0. The van der Waals surface area contributed by atoms with Crippen LogP contribution in [0.3, 0.4) is 0 Å². The van der Waals surface area contributed by atoms with Crippen LogP contribution in [-0.4, -0.2) is 33.2 Å². The zero-order chi connectivity index (χ0) is 13.7. The number of hydrogen-bond acceptors (Lipinski definition) is 4. The maximum absolute atomic E-state index is 5.83. The number of ether oxygens (including phenoxy) is 3. The SMILES string of the molecule is CCNC(c1cccc(OC2CC2)c1)C(OC)OC. The Hall–Kier alpha value is -1.10. The fraction of sp³-hybridized carbons (Fsp3) is 0.600. The molecule has 2 rings (SSSR count). The standard InChI is InChI=1S/C15H23NO3/c1-4-16-14(15(17-2)18-3)11-6-5-7-13(10-11)19-12-8-9-12/h5-7,10,12,14-16H,4,8-9H2,1-3H3. The van der Waals surface area contributed by atoms with Crippen molar-refractivity contribution in [3.63, 3.8) is 0 Å². The molecule has 0 amide bonds. The van der Waals surface area contributed by atoms with E-state index >= 15 is 0 Å². The molecule has 1 fully saturated rings. The fourth-order valence-electron chi connectivity index (χ4n) is 2.12. The third kappa shape index (κ3) is 3.93. The van der Waals surface area contributed by atoms with Crippen molar-refractivity contribution in [3.05, 3.63) is 29.8 Å². The third-order valence-corrected chi connectivity index (χ3v) is 3.21. The number of methoxy groups -OCH3 is 2. The van der Waals surface area contributed by atoms with Crippen LogP contribution in [0.15, 0.2) is 24.3 Å². The molecule has 0 bridgehead atoms. The first-order valence-corrected chi connectivity index (χ1v) is 6.84. The summed E-state index contributed by atoms with van der Waals surface area (Å²) >= 11 is 0. The van der Waals surface area contributed by atoms with E-state index in [1.807, 2.05) is 12.1 Å². The second-order valence-corrected chi connectivity index (χ2v) is 4.76. The summed E-state index contributed by atoms with van der Waals surface area (Å²) in [7, 11) is 3.31. The molecule has 1 aromatic carbocycles. The van der Waals surface area contributed by atoms with Gasteiger partial charge in [0.15, 0.2) is 6.29 Å². The van der Waals surface area contributed by atoms with Crippen LogP contribution in [0.2, 0.25) is 0 Å². The predicted octanol–water partition coefficient (Wildman–Crippen LogP) is 2.50. The van der Waals surface area contributed by atoms with Crippen molar-refractivity contribution in [3.8, 4) is 5.75 Å². The van der Waals surface area contributed by atoms with Crippen LogP contribution >= 0.6 is 0 Å². The van der Waals surface area contributed by atoms with E-state index in [2.05, 4.69) is 24.4 Å². The summed E-state index contributed by atoms with van der Waals surface area (Å²) in [5.74, 6) is 0.925. The van der Waals surface area contributed by atoms with Gasteiger partial charge in [-0.25, -0.2) is 0 Å². The molecule has 19 heavy (non-hydrogen) atoms. The molecule has 0 aliphatic heterocycles. The van der Waals surface area contributed by atoms with Gasteiger partial charge in [0.1, 0.15) is 5.75 Å². The average Bonchev–Trinajstić information content (AvgIpc) is 3.23. The number of likely N-dealkylation sites (N-methyl/N-ethyl adjacent to an activating group) is 1. The Balaban J connectivity index is 2.14. The molecule has 0 radical (unpaired) electrons. The van der Waals surface area contributed by atoms with E-state index < -0.39 is 0 Å². The maximum Gasteiger partial charge on any atom is 0.176 e. The van der Waals surface area contributed by atoms with Crippen molar-refractivity contribution in [2.24, 2.45) is 0 Å². The van der Waals surface area contributed by atoms with Crippen LogP contribution in [0.25, 0.3) is 0 Å². The quantitative estimate of drug-likeness (QED) is 0.733. The Morgan fingerprint density at radius 3 is 2.58 bits per heavy atom. The summed E-state index contributed by atoms with van der Waals surface area (Å²) < 4.78 is 16.6. The summed E-state index contributed by atoms with van der Waals surface area (Å²) in [5, 5.41) is 3.39. The topological polar surface area (TPSA) is 39.7 Å². The van der Waals surface area contributed by atoms with Crippen molar-refractivity contribution in [2.75, 3.05) is 20.8 Å². The van der Waals surface area contributed by atoms with E-state index in [0.29, 0.717) is 6.10 Å². The summed E-state index contributed by atoms with van der Waals surface area (Å²) in [6.07, 6.45) is 2.43. The first kappa shape index (κ1) is 14.3. The van der Waals surface area contributed by atoms with Crippen molar-refractivity contribution >= 4 is 0 Å². The number of rotatable bonds is 8. The van der Waals surface area contributed by atoms with E-state index in [4.69, 9.17) is 14.2 Å². The van der Waals surface area contributed by atoms with Crippen LogP contribution in [-0.2, 0) is 9.47 Å². The van der Waals surface area contributed by atoms with Gasteiger partial charge >= 0.3 is 0 Å². The molecule has 1 unspecified atom stereocenters. The summed E-state index contributed by atoms with van der Waals surface area (Å²) in [6.45, 7) is 2.92. The lowest BCUT2D eigenvalue weighted by molar-refractivity contribution is -0.123. The normalized spacial score (nSPS) is 16.6. The third-order valence-electron chi connectivity index (χ3n) is 3.21. The van der Waals surface area contributed by atoms with Gasteiger partial charge in [-0.15, -0.1) is 0 Å². The number of nitrogens with one attached hydrogen (secondary N) is 1. The lowest BCUT2D eigenvalue weighted by Gasteiger charge is -2.26. The first-order chi connectivity index (χ1) is 9.28. The van der Waals surface area contributed by atoms with E-state index in [-0.39, 0.29) is 12.3 Å². The Morgan fingerprint density at radius 1 is 1.26 bits per heavy atom. The largest absolute Gasteiger partial charge is 0.490 e. The molecule has 1 aliphatic rings. The Kier molecular flexibility index (Phi) is 5.19. The number of benzene rings is 1. The van der Waals surface area contributed by atoms with Gasteiger partial charge in [0.05, 0.1) is 12.1 Å². The molecule has 106 valence electrons. The van der Waals surface area contributed by atoms with E-state index in [9.17, 15) is 0 Å². The Labute approximate surface area is 115 Å². The highest BCUT2D eigenvalue weighted by Crippen LogP contribution is 2.29. The molecule has 1 saturated carbocycles. The van der Waals surface area contributed by atoms with Gasteiger partial charge in [-0.3, -0.25) is 0 Å². The second-order valence-electron chi connectivity index (χ2n) is 4.76. The van der Waals surface area contributed by atoms with Crippen LogP contribution in [0.4, 0.5) is 0 Å². The van der Waals surface area contributed by atoms with Crippen LogP contribution in [0.1, 0.15) is 31.4 Å². The van der Waals surface area contributed by atoms with Gasteiger partial charge < -0.3 is 19.5 Å².